The number of likely N-dealkylation sites (tertiary alicyclic amines) is 1. The van der Waals surface area contributed by atoms with Crippen molar-refractivity contribution in [1.29, 1.82) is 0 Å². The van der Waals surface area contributed by atoms with Crippen LogP contribution >= 0.6 is 0 Å². The van der Waals surface area contributed by atoms with Crippen LogP contribution in [0.15, 0.2) is 0 Å². The van der Waals surface area contributed by atoms with Gasteiger partial charge in [0.1, 0.15) is 0 Å². The molecule has 0 aromatic heterocycles. The van der Waals surface area contributed by atoms with E-state index in [1.165, 1.54) is 38.8 Å². The Balaban J connectivity index is 1.80. The zero-order valence-corrected chi connectivity index (χ0v) is 10.00. The van der Waals surface area contributed by atoms with E-state index in [2.05, 4.69) is 11.9 Å². The second-order valence-electron chi connectivity index (χ2n) is 4.92. The first kappa shape index (κ1) is 11.4. The van der Waals surface area contributed by atoms with E-state index in [0.29, 0.717) is 6.10 Å². The highest BCUT2D eigenvalue weighted by atomic mass is 16.5. The van der Waals surface area contributed by atoms with Gasteiger partial charge in [0, 0.05) is 19.7 Å². The first-order valence-electron chi connectivity index (χ1n) is 6.18. The van der Waals surface area contributed by atoms with Gasteiger partial charge < -0.3 is 14.4 Å². The van der Waals surface area contributed by atoms with Gasteiger partial charge in [0.15, 0.2) is 0 Å². The molecular formula is C12H23NO2. The molecule has 2 fully saturated rings. The number of hydrogen-bond acceptors (Lipinski definition) is 3. The minimum Gasteiger partial charge on any atom is -0.379 e. The van der Waals surface area contributed by atoms with E-state index in [0.717, 1.165) is 13.2 Å². The summed E-state index contributed by atoms with van der Waals surface area (Å²) >= 11 is 0. The molecular weight excluding hydrogens is 190 g/mol. The first-order valence-corrected chi connectivity index (χ1v) is 6.18. The molecule has 1 atom stereocenters. The third-order valence-electron chi connectivity index (χ3n) is 3.74. The lowest BCUT2D eigenvalue weighted by Crippen LogP contribution is -2.43. The number of ether oxygens (including phenoxy) is 2. The Morgan fingerprint density at radius 1 is 1.33 bits per heavy atom. The average molecular weight is 213 g/mol. The highest BCUT2D eigenvalue weighted by Gasteiger charge is 2.41. The Morgan fingerprint density at radius 2 is 2.07 bits per heavy atom. The van der Waals surface area contributed by atoms with E-state index in [9.17, 15) is 0 Å². The van der Waals surface area contributed by atoms with Crippen LogP contribution < -0.4 is 0 Å². The number of rotatable bonds is 3. The lowest BCUT2D eigenvalue weighted by molar-refractivity contribution is -0.0945. The van der Waals surface area contributed by atoms with Crippen LogP contribution in [0.3, 0.4) is 0 Å². The largest absolute Gasteiger partial charge is 0.379 e. The van der Waals surface area contributed by atoms with E-state index < -0.39 is 0 Å². The summed E-state index contributed by atoms with van der Waals surface area (Å²) in [6, 6.07) is 0. The molecule has 15 heavy (non-hydrogen) atoms. The van der Waals surface area contributed by atoms with E-state index in [1.54, 1.807) is 0 Å². The molecule has 1 unspecified atom stereocenters. The molecule has 0 radical (unpaired) electrons. The van der Waals surface area contributed by atoms with Crippen LogP contribution in [0, 0.1) is 0 Å². The van der Waals surface area contributed by atoms with Gasteiger partial charge in [-0.3, -0.25) is 0 Å². The quantitative estimate of drug-likeness (QED) is 0.712. The van der Waals surface area contributed by atoms with Crippen molar-refractivity contribution in [2.45, 2.75) is 44.3 Å². The van der Waals surface area contributed by atoms with Gasteiger partial charge in [-0.25, -0.2) is 0 Å². The summed E-state index contributed by atoms with van der Waals surface area (Å²) in [5.41, 5.74) is 0.203. The minimum absolute atomic E-state index is 0.203. The number of piperidine rings is 1. The second-order valence-corrected chi connectivity index (χ2v) is 4.92. The molecule has 2 rings (SSSR count). The second kappa shape index (κ2) is 4.81. The first-order chi connectivity index (χ1) is 7.24. The van der Waals surface area contributed by atoms with E-state index in [4.69, 9.17) is 9.47 Å². The number of nitrogens with zero attached hydrogens (tertiary/aromatic N) is 1. The summed E-state index contributed by atoms with van der Waals surface area (Å²) in [6.45, 7) is 5.99. The summed E-state index contributed by atoms with van der Waals surface area (Å²) in [7, 11) is 2.19. The SMILES string of the molecule is CCOCC1CCC2(CCN(C)CC2)O1. The highest BCUT2D eigenvalue weighted by molar-refractivity contribution is 4.92. The summed E-state index contributed by atoms with van der Waals surface area (Å²) in [6.07, 6.45) is 5.17. The Hall–Kier alpha value is -0.120. The predicted molar refractivity (Wildman–Crippen MR) is 60.1 cm³/mol. The third kappa shape index (κ3) is 2.71. The normalized spacial score (nSPS) is 31.2. The van der Waals surface area contributed by atoms with Crippen LogP contribution in [0.4, 0.5) is 0 Å². The van der Waals surface area contributed by atoms with Crippen LogP contribution in [0.5, 0.6) is 0 Å². The van der Waals surface area contributed by atoms with Crippen LogP contribution in [0.1, 0.15) is 32.6 Å². The van der Waals surface area contributed by atoms with Crippen molar-refractivity contribution >= 4 is 0 Å². The van der Waals surface area contributed by atoms with Gasteiger partial charge in [0.25, 0.3) is 0 Å². The molecule has 3 nitrogen and oxygen atoms in total. The molecule has 2 aliphatic heterocycles. The van der Waals surface area contributed by atoms with Crippen molar-refractivity contribution in [3.8, 4) is 0 Å². The monoisotopic (exact) mass is 213 g/mol. The molecule has 0 N–H and O–H groups in total. The Bertz CT molecular complexity index is 200. The number of hydrogen-bond donors (Lipinski definition) is 0. The summed E-state index contributed by atoms with van der Waals surface area (Å²) in [4.78, 5) is 2.39. The summed E-state index contributed by atoms with van der Waals surface area (Å²) < 4.78 is 11.6. The van der Waals surface area contributed by atoms with Gasteiger partial charge in [0.2, 0.25) is 0 Å². The van der Waals surface area contributed by atoms with Crippen molar-refractivity contribution < 1.29 is 9.47 Å². The van der Waals surface area contributed by atoms with Crippen molar-refractivity contribution in [1.82, 2.24) is 4.90 Å². The predicted octanol–water partition coefficient (Wildman–Crippen LogP) is 1.67. The fourth-order valence-electron chi connectivity index (χ4n) is 2.66. The molecule has 88 valence electrons. The van der Waals surface area contributed by atoms with Gasteiger partial charge in [-0.1, -0.05) is 0 Å². The Morgan fingerprint density at radius 3 is 2.73 bits per heavy atom. The smallest absolute Gasteiger partial charge is 0.0817 e. The maximum absolute atomic E-state index is 6.19. The lowest BCUT2D eigenvalue weighted by Gasteiger charge is -2.37. The maximum atomic E-state index is 6.19. The van der Waals surface area contributed by atoms with Crippen LogP contribution in [0.2, 0.25) is 0 Å². The van der Waals surface area contributed by atoms with Crippen molar-refractivity contribution in [3.05, 3.63) is 0 Å². The van der Waals surface area contributed by atoms with Gasteiger partial charge in [-0.05, 0) is 39.7 Å². The fourth-order valence-corrected chi connectivity index (χ4v) is 2.66. The minimum atomic E-state index is 0.203. The highest BCUT2D eigenvalue weighted by Crippen LogP contribution is 2.38. The van der Waals surface area contributed by atoms with Gasteiger partial charge in [-0.2, -0.15) is 0 Å². The van der Waals surface area contributed by atoms with E-state index >= 15 is 0 Å². The van der Waals surface area contributed by atoms with Gasteiger partial charge in [-0.15, -0.1) is 0 Å². The zero-order valence-electron chi connectivity index (χ0n) is 10.00. The van der Waals surface area contributed by atoms with Crippen LogP contribution in [0.25, 0.3) is 0 Å². The Kier molecular flexibility index (Phi) is 3.65. The molecule has 1 spiro atoms. The molecule has 2 saturated heterocycles. The molecule has 0 aromatic rings. The molecule has 0 bridgehead atoms. The van der Waals surface area contributed by atoms with E-state index in [1.807, 2.05) is 6.92 Å². The van der Waals surface area contributed by atoms with Crippen molar-refractivity contribution in [2.24, 2.45) is 0 Å². The maximum Gasteiger partial charge on any atom is 0.0817 e. The van der Waals surface area contributed by atoms with Crippen molar-refractivity contribution in [3.63, 3.8) is 0 Å². The van der Waals surface area contributed by atoms with Crippen LogP contribution in [-0.4, -0.2) is 50.0 Å². The lowest BCUT2D eigenvalue weighted by atomic mass is 9.89. The molecule has 0 saturated carbocycles. The molecule has 0 amide bonds. The molecule has 2 aliphatic rings. The molecule has 0 aliphatic carbocycles. The fraction of sp³-hybridized carbons (Fsp3) is 1.00. The Labute approximate surface area is 92.7 Å². The average Bonchev–Trinajstić information content (AvgIpc) is 2.64. The standard InChI is InChI=1S/C12H23NO2/c1-3-14-10-11-4-5-12(15-11)6-8-13(2)9-7-12/h11H,3-10H2,1-2H3. The molecule has 3 heteroatoms. The molecule has 2 heterocycles. The van der Waals surface area contributed by atoms with Gasteiger partial charge >= 0.3 is 0 Å². The zero-order chi connectivity index (χ0) is 10.7. The topological polar surface area (TPSA) is 21.7 Å². The van der Waals surface area contributed by atoms with Gasteiger partial charge in [0.05, 0.1) is 18.3 Å². The molecule has 0 aromatic carbocycles. The van der Waals surface area contributed by atoms with E-state index in [-0.39, 0.29) is 5.60 Å². The third-order valence-corrected chi connectivity index (χ3v) is 3.74. The summed E-state index contributed by atoms with van der Waals surface area (Å²) in [5.74, 6) is 0. The van der Waals surface area contributed by atoms with Crippen LogP contribution in [-0.2, 0) is 9.47 Å². The van der Waals surface area contributed by atoms with Crippen molar-refractivity contribution in [2.75, 3.05) is 33.4 Å². The summed E-state index contributed by atoms with van der Waals surface area (Å²) in [5, 5.41) is 0.